The van der Waals surface area contributed by atoms with E-state index >= 15 is 0 Å². The molecular weight excluding hydrogens is 945 g/mol. The molecule has 2 aliphatic rings. The molecule has 2 aliphatic heterocycles. The SMILES string of the molecule is COc1cc(OC)c(SC[C@@H](O[C@H]2[C@@H](O[C@H]3[C@H](OC(C)=O)[C@@H](OC(C)=O)[C@@H](OC)O[C@@H]3COCc3ccccc3)O[C@H](COCc3ccccc3)[C@@H](OC(C)=O)[C@@H]2OC(C)=O)c2ccccc2)c(OC)c1. The Morgan fingerprint density at radius 1 is 0.535 bits per heavy atom. The Balaban J connectivity index is 1.47. The van der Waals surface area contributed by atoms with Gasteiger partial charge in [-0.25, -0.2) is 0 Å². The monoisotopic (exact) mass is 1010 g/mol. The number of hydrogen-bond donors (Lipinski definition) is 0. The zero-order valence-electron chi connectivity index (χ0n) is 41.0. The highest BCUT2D eigenvalue weighted by Gasteiger charge is 2.57. The molecule has 2 heterocycles. The highest BCUT2D eigenvalue weighted by atomic mass is 32.2. The molecule has 0 bridgehead atoms. The molecule has 0 spiro atoms. The minimum Gasteiger partial charge on any atom is -0.496 e. The predicted octanol–water partition coefficient (Wildman–Crippen LogP) is 6.57. The average molecular weight is 1010 g/mol. The van der Waals surface area contributed by atoms with Gasteiger partial charge in [-0.3, -0.25) is 19.2 Å². The van der Waals surface area contributed by atoms with Crippen LogP contribution in [-0.4, -0.2) is 133 Å². The maximum Gasteiger partial charge on any atom is 0.303 e. The second kappa shape index (κ2) is 27.2. The van der Waals surface area contributed by atoms with Crippen molar-refractivity contribution in [3.8, 4) is 17.2 Å². The van der Waals surface area contributed by atoms with Crippen molar-refractivity contribution in [2.75, 3.05) is 47.4 Å². The first kappa shape index (κ1) is 54.6. The van der Waals surface area contributed by atoms with Crippen molar-refractivity contribution in [1.82, 2.24) is 0 Å². The van der Waals surface area contributed by atoms with Crippen molar-refractivity contribution < 1.29 is 85.5 Å². The van der Waals surface area contributed by atoms with Gasteiger partial charge in [-0.15, -0.1) is 11.8 Å². The van der Waals surface area contributed by atoms with Gasteiger partial charge in [0.25, 0.3) is 0 Å². The van der Waals surface area contributed by atoms with Crippen LogP contribution in [0.15, 0.2) is 108 Å². The number of esters is 4. The van der Waals surface area contributed by atoms with Crippen LogP contribution in [-0.2, 0) is 84.5 Å². The number of ether oxygens (including phenoxy) is 14. The number of thioether (sulfide) groups is 1. The van der Waals surface area contributed by atoms with E-state index in [-0.39, 0.29) is 32.2 Å². The van der Waals surface area contributed by atoms with Gasteiger partial charge >= 0.3 is 23.9 Å². The lowest BCUT2D eigenvalue weighted by Crippen LogP contribution is -2.67. The molecule has 0 aromatic heterocycles. The van der Waals surface area contributed by atoms with Gasteiger partial charge in [-0.2, -0.15) is 0 Å². The average Bonchev–Trinajstić information content (AvgIpc) is 3.36. The molecular formula is C52H62O18S. The first-order valence-corrected chi connectivity index (χ1v) is 23.8. The van der Waals surface area contributed by atoms with Crippen LogP contribution in [0.2, 0.25) is 0 Å². The van der Waals surface area contributed by atoms with Crippen molar-refractivity contribution >= 4 is 35.6 Å². The van der Waals surface area contributed by atoms with Crippen LogP contribution in [0.5, 0.6) is 17.2 Å². The molecule has 0 N–H and O–H groups in total. The second-order valence-corrected chi connectivity index (χ2v) is 17.4. The summed E-state index contributed by atoms with van der Waals surface area (Å²) in [6.45, 7) is 4.73. The maximum absolute atomic E-state index is 13.3. The topological polar surface area (TPSA) is 197 Å². The third-order valence-corrected chi connectivity index (χ3v) is 12.4. The van der Waals surface area contributed by atoms with Crippen LogP contribution in [0.25, 0.3) is 0 Å². The van der Waals surface area contributed by atoms with Crippen LogP contribution < -0.4 is 14.2 Å². The van der Waals surface area contributed by atoms with Crippen LogP contribution >= 0.6 is 11.8 Å². The number of carbonyl (C=O) groups excluding carboxylic acids is 4. The van der Waals surface area contributed by atoms with E-state index in [1.165, 1.54) is 67.9 Å². The normalized spacial score (nSPS) is 24.5. The lowest BCUT2D eigenvalue weighted by atomic mass is 9.95. The van der Waals surface area contributed by atoms with Gasteiger partial charge < -0.3 is 66.3 Å². The Bertz CT molecular complexity index is 2280. The molecule has 0 radical (unpaired) electrons. The zero-order chi connectivity index (χ0) is 50.9. The molecule has 19 heteroatoms. The molecule has 4 aromatic carbocycles. The van der Waals surface area contributed by atoms with Gasteiger partial charge in [-0.1, -0.05) is 91.0 Å². The quantitative estimate of drug-likeness (QED) is 0.0414. The van der Waals surface area contributed by atoms with E-state index in [0.29, 0.717) is 27.7 Å². The standard InChI is InChI=1S/C52H62O18S/c1-31(53)63-44-41(28-61-26-35-18-12-9-13-19-35)69-52(70-45-42(29-62-27-36-20-14-10-15-21-36)68-51(60-8)48(66-34(4)56)47(45)65-33(3)55)49(46(44)64-32(2)54)67-43(37-22-16-11-17-23-37)30-71-50-39(58-6)24-38(57-5)25-40(50)59-7/h9-25,41-49,51-52H,26-30H2,1-8H3/t41-,42-,43-,44-,45-,46+,47+,48-,49-,51+,52-/m1/s1. The number of carbonyl (C=O) groups is 4. The number of methoxy groups -OCH3 is 4. The lowest BCUT2D eigenvalue weighted by Gasteiger charge is -2.49. The zero-order valence-corrected chi connectivity index (χ0v) is 41.8. The molecule has 71 heavy (non-hydrogen) atoms. The summed E-state index contributed by atoms with van der Waals surface area (Å²) in [5.74, 6) is -1.29. The van der Waals surface area contributed by atoms with E-state index in [1.807, 2.05) is 91.0 Å². The smallest absolute Gasteiger partial charge is 0.303 e. The molecule has 384 valence electrons. The van der Waals surface area contributed by atoms with E-state index in [1.54, 1.807) is 12.1 Å². The van der Waals surface area contributed by atoms with Crippen LogP contribution in [0.1, 0.15) is 50.5 Å². The number of rotatable bonds is 24. The summed E-state index contributed by atoms with van der Waals surface area (Å²) in [7, 11) is 5.94. The Morgan fingerprint density at radius 2 is 0.986 bits per heavy atom. The molecule has 2 fully saturated rings. The molecule has 0 saturated carbocycles. The summed E-state index contributed by atoms with van der Waals surface area (Å²) in [4.78, 5) is 52.7. The molecule has 2 saturated heterocycles. The van der Waals surface area contributed by atoms with Crippen molar-refractivity contribution in [2.45, 2.75) is 113 Å². The molecule has 0 aliphatic carbocycles. The summed E-state index contributed by atoms with van der Waals surface area (Å²) in [6.07, 6.45) is -14.3. The molecule has 0 amide bonds. The summed E-state index contributed by atoms with van der Waals surface area (Å²) in [6, 6.07) is 31.5. The van der Waals surface area contributed by atoms with E-state index in [4.69, 9.17) is 66.3 Å². The van der Waals surface area contributed by atoms with Gasteiger partial charge in [0.15, 0.2) is 37.0 Å². The van der Waals surface area contributed by atoms with Crippen molar-refractivity contribution in [3.63, 3.8) is 0 Å². The fraction of sp³-hybridized carbons (Fsp3) is 0.462. The summed E-state index contributed by atoms with van der Waals surface area (Å²) < 4.78 is 86.3. The largest absolute Gasteiger partial charge is 0.496 e. The van der Waals surface area contributed by atoms with Gasteiger partial charge in [0.2, 0.25) is 0 Å². The fourth-order valence-electron chi connectivity index (χ4n) is 8.17. The molecule has 6 rings (SSSR count). The highest BCUT2D eigenvalue weighted by molar-refractivity contribution is 7.99. The molecule has 18 nitrogen and oxygen atoms in total. The number of benzene rings is 4. The third-order valence-electron chi connectivity index (χ3n) is 11.2. The van der Waals surface area contributed by atoms with Crippen LogP contribution in [0.3, 0.4) is 0 Å². The Kier molecular flexibility index (Phi) is 20.9. The number of hydrogen-bond acceptors (Lipinski definition) is 19. The summed E-state index contributed by atoms with van der Waals surface area (Å²) in [5.41, 5.74) is 2.39. The molecule has 11 atom stereocenters. The molecule has 0 unspecified atom stereocenters. The highest BCUT2D eigenvalue weighted by Crippen LogP contribution is 2.44. The first-order valence-electron chi connectivity index (χ1n) is 22.9. The van der Waals surface area contributed by atoms with Gasteiger partial charge in [0.1, 0.15) is 41.7 Å². The Labute approximate surface area is 417 Å². The minimum atomic E-state index is -1.57. The third kappa shape index (κ3) is 15.4. The van der Waals surface area contributed by atoms with Crippen LogP contribution in [0.4, 0.5) is 0 Å². The maximum atomic E-state index is 13.3. The van der Waals surface area contributed by atoms with Crippen LogP contribution in [0, 0.1) is 0 Å². The predicted molar refractivity (Wildman–Crippen MR) is 254 cm³/mol. The molecule has 4 aromatic rings. The van der Waals surface area contributed by atoms with Crippen molar-refractivity contribution in [1.29, 1.82) is 0 Å². The van der Waals surface area contributed by atoms with Crippen molar-refractivity contribution in [3.05, 3.63) is 120 Å². The summed E-state index contributed by atoms with van der Waals surface area (Å²) in [5, 5.41) is 0. The van der Waals surface area contributed by atoms with E-state index < -0.39 is 91.4 Å². The van der Waals surface area contributed by atoms with Gasteiger partial charge in [0, 0.05) is 52.7 Å². The Hall–Kier alpha value is -5.77. The van der Waals surface area contributed by atoms with Crippen molar-refractivity contribution in [2.24, 2.45) is 0 Å². The van der Waals surface area contributed by atoms with Gasteiger partial charge in [0.05, 0.1) is 58.8 Å². The van der Waals surface area contributed by atoms with E-state index in [2.05, 4.69) is 0 Å². The van der Waals surface area contributed by atoms with Gasteiger partial charge in [-0.05, 0) is 16.7 Å². The van der Waals surface area contributed by atoms with E-state index in [9.17, 15) is 19.2 Å². The first-order chi connectivity index (χ1) is 34.3. The summed E-state index contributed by atoms with van der Waals surface area (Å²) >= 11 is 1.35. The second-order valence-electron chi connectivity index (χ2n) is 16.4. The lowest BCUT2D eigenvalue weighted by molar-refractivity contribution is -0.366. The fourth-order valence-corrected chi connectivity index (χ4v) is 9.33. The Morgan fingerprint density at radius 3 is 1.46 bits per heavy atom. The van der Waals surface area contributed by atoms with E-state index in [0.717, 1.165) is 11.1 Å². The minimum absolute atomic E-state index is 0.136.